The number of hydrogen-bond acceptors (Lipinski definition) is 5. The second-order valence-electron chi connectivity index (χ2n) is 5.59. The van der Waals surface area contributed by atoms with E-state index in [1.165, 1.54) is 16.9 Å². The molecule has 1 amide bonds. The van der Waals surface area contributed by atoms with Gasteiger partial charge in [0.1, 0.15) is 0 Å². The van der Waals surface area contributed by atoms with Crippen molar-refractivity contribution in [2.75, 3.05) is 19.5 Å². The number of methoxy groups -OCH3 is 2. The third-order valence-corrected chi connectivity index (χ3v) is 4.87. The molecule has 3 rings (SSSR count). The Labute approximate surface area is 150 Å². The molecule has 1 aromatic heterocycles. The lowest BCUT2D eigenvalue weighted by atomic mass is 10.1. The third-order valence-electron chi connectivity index (χ3n) is 3.94. The van der Waals surface area contributed by atoms with Crippen LogP contribution in [-0.2, 0) is 17.6 Å². The Balaban J connectivity index is 1.74. The summed E-state index contributed by atoms with van der Waals surface area (Å²) in [5.74, 6) is 1.18. The highest BCUT2D eigenvalue weighted by molar-refractivity contribution is 7.22. The summed E-state index contributed by atoms with van der Waals surface area (Å²) in [7, 11) is 3.18. The Morgan fingerprint density at radius 2 is 1.72 bits per heavy atom. The van der Waals surface area contributed by atoms with Crippen LogP contribution in [0.15, 0.2) is 36.4 Å². The molecule has 0 fully saturated rings. The van der Waals surface area contributed by atoms with Gasteiger partial charge in [0.25, 0.3) is 0 Å². The molecular formula is C19H20N2O3S. The summed E-state index contributed by atoms with van der Waals surface area (Å²) in [6, 6.07) is 11.8. The van der Waals surface area contributed by atoms with E-state index in [1.807, 2.05) is 24.3 Å². The Morgan fingerprint density at radius 1 is 1.08 bits per heavy atom. The predicted molar refractivity (Wildman–Crippen MR) is 101 cm³/mol. The molecule has 6 heteroatoms. The second kappa shape index (κ2) is 7.53. The second-order valence-corrected chi connectivity index (χ2v) is 6.62. The van der Waals surface area contributed by atoms with Gasteiger partial charge in [-0.3, -0.25) is 4.79 Å². The Kier molecular flexibility index (Phi) is 5.19. The average Bonchev–Trinajstić information content (AvgIpc) is 3.01. The smallest absolute Gasteiger partial charge is 0.230 e. The fraction of sp³-hybridized carbons (Fsp3) is 0.263. The molecule has 1 N–H and O–H groups in total. The number of hydrogen-bond donors (Lipinski definition) is 1. The van der Waals surface area contributed by atoms with Gasteiger partial charge in [-0.1, -0.05) is 42.5 Å². The van der Waals surface area contributed by atoms with Crippen molar-refractivity contribution in [3.8, 4) is 11.5 Å². The van der Waals surface area contributed by atoms with Crippen LogP contribution in [0.4, 0.5) is 5.13 Å². The summed E-state index contributed by atoms with van der Waals surface area (Å²) in [4.78, 5) is 16.7. The zero-order valence-corrected chi connectivity index (χ0v) is 15.3. The van der Waals surface area contributed by atoms with Crippen LogP contribution in [0.1, 0.15) is 18.1 Å². The van der Waals surface area contributed by atoms with Crippen molar-refractivity contribution >= 4 is 32.6 Å². The third kappa shape index (κ3) is 3.91. The number of carbonyl (C=O) groups is 1. The molecule has 3 aromatic rings. The Bertz CT molecular complexity index is 847. The molecule has 0 saturated carbocycles. The molecule has 1 heterocycles. The normalized spacial score (nSPS) is 10.7. The molecule has 0 radical (unpaired) electrons. The molecule has 0 saturated heterocycles. The summed E-state index contributed by atoms with van der Waals surface area (Å²) in [6.07, 6.45) is 1.32. The van der Waals surface area contributed by atoms with Gasteiger partial charge in [0.2, 0.25) is 5.91 Å². The number of nitrogens with one attached hydrogen (secondary N) is 1. The SMILES string of the molecule is CCc1ccc(CC(=O)Nc2nc3cc(OC)c(OC)cc3s2)cc1. The van der Waals surface area contributed by atoms with Gasteiger partial charge in [0.05, 0.1) is 30.9 Å². The highest BCUT2D eigenvalue weighted by Crippen LogP contribution is 2.36. The Hall–Kier alpha value is -2.60. The van der Waals surface area contributed by atoms with Gasteiger partial charge in [0.15, 0.2) is 16.6 Å². The molecule has 0 aliphatic rings. The summed E-state index contributed by atoms with van der Waals surface area (Å²) >= 11 is 1.41. The first-order valence-corrected chi connectivity index (χ1v) is 8.84. The van der Waals surface area contributed by atoms with Gasteiger partial charge in [0, 0.05) is 12.1 Å². The van der Waals surface area contributed by atoms with Gasteiger partial charge in [-0.05, 0) is 17.5 Å². The quantitative estimate of drug-likeness (QED) is 0.724. The van der Waals surface area contributed by atoms with Crippen molar-refractivity contribution in [1.82, 2.24) is 4.98 Å². The zero-order chi connectivity index (χ0) is 17.8. The first-order valence-electron chi connectivity index (χ1n) is 8.03. The number of rotatable bonds is 6. The Morgan fingerprint density at radius 3 is 2.36 bits per heavy atom. The minimum Gasteiger partial charge on any atom is -0.493 e. The van der Waals surface area contributed by atoms with Crippen LogP contribution in [0.3, 0.4) is 0 Å². The molecule has 0 aliphatic heterocycles. The number of amides is 1. The molecular weight excluding hydrogens is 336 g/mol. The lowest BCUT2D eigenvalue weighted by Crippen LogP contribution is -2.14. The standard InChI is InChI=1S/C19H20N2O3S/c1-4-12-5-7-13(8-6-12)9-18(22)21-19-20-14-10-15(23-2)16(24-3)11-17(14)25-19/h5-8,10-11H,4,9H2,1-3H3,(H,20,21,22). The first kappa shape index (κ1) is 17.2. The van der Waals surface area contributed by atoms with E-state index in [0.717, 1.165) is 22.2 Å². The van der Waals surface area contributed by atoms with Gasteiger partial charge in [-0.15, -0.1) is 0 Å². The maximum Gasteiger partial charge on any atom is 0.230 e. The van der Waals surface area contributed by atoms with E-state index in [0.29, 0.717) is 23.1 Å². The average molecular weight is 356 g/mol. The number of fused-ring (bicyclic) bond motifs is 1. The molecule has 0 aliphatic carbocycles. The van der Waals surface area contributed by atoms with Crippen LogP contribution in [0.2, 0.25) is 0 Å². The van der Waals surface area contributed by atoms with E-state index in [9.17, 15) is 4.79 Å². The highest BCUT2D eigenvalue weighted by Gasteiger charge is 2.12. The number of ether oxygens (including phenoxy) is 2. The van der Waals surface area contributed by atoms with Gasteiger partial charge >= 0.3 is 0 Å². The fourth-order valence-electron chi connectivity index (χ4n) is 2.55. The number of aryl methyl sites for hydroxylation is 1. The topological polar surface area (TPSA) is 60.5 Å². The van der Waals surface area contributed by atoms with Crippen LogP contribution in [-0.4, -0.2) is 25.1 Å². The maximum atomic E-state index is 12.3. The van der Waals surface area contributed by atoms with E-state index >= 15 is 0 Å². The lowest BCUT2D eigenvalue weighted by molar-refractivity contribution is -0.115. The van der Waals surface area contributed by atoms with Crippen LogP contribution >= 0.6 is 11.3 Å². The minimum absolute atomic E-state index is 0.0813. The van der Waals surface area contributed by atoms with Crippen molar-refractivity contribution in [1.29, 1.82) is 0 Å². The summed E-state index contributed by atoms with van der Waals surface area (Å²) < 4.78 is 11.5. The first-order chi connectivity index (χ1) is 12.1. The molecule has 0 atom stereocenters. The summed E-state index contributed by atoms with van der Waals surface area (Å²) in [6.45, 7) is 2.11. The van der Waals surface area contributed by atoms with E-state index in [-0.39, 0.29) is 5.91 Å². The molecule has 130 valence electrons. The molecule has 2 aromatic carbocycles. The molecule has 0 spiro atoms. The van der Waals surface area contributed by atoms with Crippen LogP contribution in [0, 0.1) is 0 Å². The van der Waals surface area contributed by atoms with Gasteiger partial charge in [-0.2, -0.15) is 0 Å². The summed E-state index contributed by atoms with van der Waals surface area (Å²) in [5.41, 5.74) is 3.02. The van der Waals surface area contributed by atoms with E-state index < -0.39 is 0 Å². The molecule has 0 unspecified atom stereocenters. The number of carbonyl (C=O) groups excluding carboxylic acids is 1. The lowest BCUT2D eigenvalue weighted by Gasteiger charge is -2.05. The van der Waals surface area contributed by atoms with E-state index in [4.69, 9.17) is 9.47 Å². The van der Waals surface area contributed by atoms with Crippen molar-refractivity contribution in [2.24, 2.45) is 0 Å². The monoisotopic (exact) mass is 356 g/mol. The van der Waals surface area contributed by atoms with Crippen molar-refractivity contribution in [3.05, 3.63) is 47.5 Å². The number of nitrogens with zero attached hydrogens (tertiary/aromatic N) is 1. The van der Waals surface area contributed by atoms with Crippen molar-refractivity contribution in [2.45, 2.75) is 19.8 Å². The summed E-state index contributed by atoms with van der Waals surface area (Å²) in [5, 5.41) is 3.44. The van der Waals surface area contributed by atoms with Gasteiger partial charge < -0.3 is 14.8 Å². The van der Waals surface area contributed by atoms with Crippen LogP contribution in [0.5, 0.6) is 11.5 Å². The van der Waals surface area contributed by atoms with Crippen molar-refractivity contribution < 1.29 is 14.3 Å². The van der Waals surface area contributed by atoms with E-state index in [1.54, 1.807) is 14.2 Å². The maximum absolute atomic E-state index is 12.3. The number of thiazole rings is 1. The van der Waals surface area contributed by atoms with E-state index in [2.05, 4.69) is 29.4 Å². The van der Waals surface area contributed by atoms with Crippen LogP contribution in [0.25, 0.3) is 10.2 Å². The number of benzene rings is 2. The fourth-order valence-corrected chi connectivity index (χ4v) is 3.44. The number of aromatic nitrogens is 1. The molecule has 25 heavy (non-hydrogen) atoms. The zero-order valence-electron chi connectivity index (χ0n) is 14.5. The predicted octanol–water partition coefficient (Wildman–Crippen LogP) is 4.06. The number of anilines is 1. The molecule has 0 bridgehead atoms. The highest BCUT2D eigenvalue weighted by atomic mass is 32.1. The van der Waals surface area contributed by atoms with Crippen LogP contribution < -0.4 is 14.8 Å². The minimum atomic E-state index is -0.0813. The largest absolute Gasteiger partial charge is 0.493 e. The molecule has 5 nitrogen and oxygen atoms in total. The van der Waals surface area contributed by atoms with Crippen molar-refractivity contribution in [3.63, 3.8) is 0 Å². The van der Waals surface area contributed by atoms with Gasteiger partial charge in [-0.25, -0.2) is 4.98 Å².